The van der Waals surface area contributed by atoms with Crippen molar-refractivity contribution in [1.82, 2.24) is 0 Å². The molecule has 0 saturated carbocycles. The number of hydrogen-bond acceptors (Lipinski definition) is 1. The Morgan fingerprint density at radius 3 is 2.79 bits per heavy atom. The summed E-state index contributed by atoms with van der Waals surface area (Å²) in [5, 5.41) is 0. The van der Waals surface area contributed by atoms with Crippen molar-refractivity contribution < 1.29 is 13.5 Å². The summed E-state index contributed by atoms with van der Waals surface area (Å²) in [5.74, 6) is 2.59. The molecule has 1 nitrogen and oxygen atoms in total. The fourth-order valence-electron chi connectivity index (χ4n) is 1.22. The van der Waals surface area contributed by atoms with Crippen LogP contribution in [0.15, 0.2) is 18.2 Å². The van der Waals surface area contributed by atoms with Crippen LogP contribution < -0.4 is 4.74 Å². The summed E-state index contributed by atoms with van der Waals surface area (Å²) < 4.78 is 28.5. The number of hydrogen-bond donors (Lipinski definition) is 0. The van der Waals surface area contributed by atoms with Gasteiger partial charge in [-0.25, -0.2) is 0 Å². The molecule has 1 aromatic carbocycles. The number of ether oxygens (including phenoxy) is 1. The van der Waals surface area contributed by atoms with Gasteiger partial charge in [0.25, 0.3) is 0 Å². The van der Waals surface area contributed by atoms with Crippen molar-refractivity contribution in [2.75, 3.05) is 0 Å². The standard InChI is InChI=1S/C11H10F2O/c1-3-5-9-7-4-6-8(2)10(9)14-11(12)13/h1,4,6-7,11H,5H2,2H3. The van der Waals surface area contributed by atoms with Crippen LogP contribution in [0.5, 0.6) is 5.75 Å². The first kappa shape index (κ1) is 10.5. The predicted molar refractivity (Wildman–Crippen MR) is 50.3 cm³/mol. The molecule has 0 bridgehead atoms. The SMILES string of the molecule is C#CCc1cccc(C)c1OC(F)F. The van der Waals surface area contributed by atoms with Crippen LogP contribution >= 0.6 is 0 Å². The Morgan fingerprint density at radius 1 is 1.50 bits per heavy atom. The molecule has 14 heavy (non-hydrogen) atoms. The van der Waals surface area contributed by atoms with E-state index in [4.69, 9.17) is 6.42 Å². The minimum Gasteiger partial charge on any atom is -0.434 e. The Balaban J connectivity index is 3.03. The van der Waals surface area contributed by atoms with E-state index in [1.807, 2.05) is 0 Å². The smallest absolute Gasteiger partial charge is 0.387 e. The molecule has 0 N–H and O–H groups in total. The number of rotatable bonds is 3. The molecule has 0 fully saturated rings. The lowest BCUT2D eigenvalue weighted by molar-refractivity contribution is -0.0508. The number of terminal acetylenes is 1. The Kier molecular flexibility index (Phi) is 3.47. The average Bonchev–Trinajstić information content (AvgIpc) is 2.11. The molecular formula is C11H10F2O. The van der Waals surface area contributed by atoms with E-state index in [1.54, 1.807) is 25.1 Å². The van der Waals surface area contributed by atoms with Gasteiger partial charge in [0.05, 0.1) is 0 Å². The Morgan fingerprint density at radius 2 is 2.21 bits per heavy atom. The second-order valence-corrected chi connectivity index (χ2v) is 2.82. The quantitative estimate of drug-likeness (QED) is 0.675. The molecule has 0 unspecified atom stereocenters. The fourth-order valence-corrected chi connectivity index (χ4v) is 1.22. The number of alkyl halides is 2. The van der Waals surface area contributed by atoms with Crippen molar-refractivity contribution in [3.8, 4) is 18.1 Å². The van der Waals surface area contributed by atoms with Crippen molar-refractivity contribution in [2.45, 2.75) is 20.0 Å². The lowest BCUT2D eigenvalue weighted by Gasteiger charge is -2.11. The normalized spacial score (nSPS) is 9.93. The molecule has 0 heterocycles. The molecular weight excluding hydrogens is 186 g/mol. The number of benzene rings is 1. The van der Waals surface area contributed by atoms with Gasteiger partial charge in [-0.3, -0.25) is 0 Å². The fraction of sp³-hybridized carbons (Fsp3) is 0.273. The van der Waals surface area contributed by atoms with E-state index in [0.29, 0.717) is 17.5 Å². The zero-order valence-electron chi connectivity index (χ0n) is 7.76. The van der Waals surface area contributed by atoms with Crippen LogP contribution in [0.1, 0.15) is 11.1 Å². The molecule has 1 rings (SSSR count). The van der Waals surface area contributed by atoms with Gasteiger partial charge >= 0.3 is 6.61 Å². The summed E-state index contributed by atoms with van der Waals surface area (Å²) >= 11 is 0. The summed E-state index contributed by atoms with van der Waals surface area (Å²) in [4.78, 5) is 0. The maximum Gasteiger partial charge on any atom is 0.387 e. The molecule has 0 amide bonds. The Labute approximate surface area is 81.7 Å². The highest BCUT2D eigenvalue weighted by molar-refractivity contribution is 5.42. The van der Waals surface area contributed by atoms with E-state index < -0.39 is 6.61 Å². The lowest BCUT2D eigenvalue weighted by atomic mass is 10.1. The molecule has 0 saturated heterocycles. The van der Waals surface area contributed by atoms with Gasteiger partial charge in [-0.15, -0.1) is 12.3 Å². The second kappa shape index (κ2) is 4.61. The zero-order valence-corrected chi connectivity index (χ0v) is 7.76. The van der Waals surface area contributed by atoms with Crippen LogP contribution in [-0.2, 0) is 6.42 Å². The molecule has 1 aromatic rings. The third-order valence-electron chi connectivity index (χ3n) is 1.79. The summed E-state index contributed by atoms with van der Waals surface area (Å²) in [6, 6.07) is 5.16. The number of halogens is 2. The summed E-state index contributed by atoms with van der Waals surface area (Å²) in [6.45, 7) is -1.11. The summed E-state index contributed by atoms with van der Waals surface area (Å²) in [5.41, 5.74) is 1.28. The van der Waals surface area contributed by atoms with Gasteiger partial charge < -0.3 is 4.74 Å². The highest BCUT2D eigenvalue weighted by Gasteiger charge is 2.10. The van der Waals surface area contributed by atoms with E-state index in [1.165, 1.54) is 0 Å². The monoisotopic (exact) mass is 196 g/mol. The molecule has 0 aliphatic rings. The summed E-state index contributed by atoms with van der Waals surface area (Å²) in [6.07, 6.45) is 5.41. The first-order chi connectivity index (χ1) is 6.65. The van der Waals surface area contributed by atoms with Gasteiger partial charge in [0.1, 0.15) is 5.75 Å². The molecule has 0 aliphatic heterocycles. The van der Waals surface area contributed by atoms with E-state index >= 15 is 0 Å². The highest BCUT2D eigenvalue weighted by atomic mass is 19.3. The topological polar surface area (TPSA) is 9.23 Å². The number of aryl methyl sites for hydroxylation is 1. The maximum atomic E-state index is 12.0. The van der Waals surface area contributed by atoms with Gasteiger partial charge in [-0.2, -0.15) is 8.78 Å². The van der Waals surface area contributed by atoms with Crippen molar-refractivity contribution in [3.05, 3.63) is 29.3 Å². The molecule has 0 atom stereocenters. The molecule has 0 radical (unpaired) electrons. The van der Waals surface area contributed by atoms with Gasteiger partial charge in [-0.05, 0) is 12.5 Å². The summed E-state index contributed by atoms with van der Waals surface area (Å²) in [7, 11) is 0. The minimum absolute atomic E-state index is 0.195. The second-order valence-electron chi connectivity index (χ2n) is 2.82. The zero-order chi connectivity index (χ0) is 10.6. The molecule has 74 valence electrons. The highest BCUT2D eigenvalue weighted by Crippen LogP contribution is 2.25. The Bertz CT molecular complexity index is 353. The first-order valence-electron chi connectivity index (χ1n) is 4.12. The van der Waals surface area contributed by atoms with Crippen LogP contribution in [-0.4, -0.2) is 6.61 Å². The number of para-hydroxylation sites is 1. The predicted octanol–water partition coefficient (Wildman–Crippen LogP) is 2.77. The lowest BCUT2D eigenvalue weighted by Crippen LogP contribution is -2.05. The molecule has 0 spiro atoms. The van der Waals surface area contributed by atoms with Crippen LogP contribution in [0.4, 0.5) is 8.78 Å². The van der Waals surface area contributed by atoms with E-state index in [9.17, 15) is 8.78 Å². The third kappa shape index (κ3) is 2.46. The van der Waals surface area contributed by atoms with Crippen LogP contribution in [0.2, 0.25) is 0 Å². The maximum absolute atomic E-state index is 12.0. The first-order valence-corrected chi connectivity index (χ1v) is 4.12. The molecule has 0 aliphatic carbocycles. The van der Waals surface area contributed by atoms with E-state index in [-0.39, 0.29) is 5.75 Å². The van der Waals surface area contributed by atoms with Gasteiger partial charge in [0, 0.05) is 12.0 Å². The van der Waals surface area contributed by atoms with Crippen LogP contribution in [0.3, 0.4) is 0 Å². The van der Waals surface area contributed by atoms with Gasteiger partial charge in [0.15, 0.2) is 0 Å². The molecule has 3 heteroatoms. The van der Waals surface area contributed by atoms with Crippen molar-refractivity contribution in [1.29, 1.82) is 0 Å². The average molecular weight is 196 g/mol. The van der Waals surface area contributed by atoms with Crippen LogP contribution in [0, 0.1) is 19.3 Å². The Hall–Kier alpha value is -1.56. The third-order valence-corrected chi connectivity index (χ3v) is 1.79. The van der Waals surface area contributed by atoms with E-state index in [0.717, 1.165) is 0 Å². The van der Waals surface area contributed by atoms with Crippen molar-refractivity contribution in [3.63, 3.8) is 0 Å². The van der Waals surface area contributed by atoms with Crippen molar-refractivity contribution in [2.24, 2.45) is 0 Å². The minimum atomic E-state index is -2.81. The largest absolute Gasteiger partial charge is 0.434 e. The van der Waals surface area contributed by atoms with Crippen LogP contribution in [0.25, 0.3) is 0 Å². The van der Waals surface area contributed by atoms with E-state index in [2.05, 4.69) is 10.7 Å². The van der Waals surface area contributed by atoms with Gasteiger partial charge in [0.2, 0.25) is 0 Å². The molecule has 0 aromatic heterocycles. The van der Waals surface area contributed by atoms with Gasteiger partial charge in [-0.1, -0.05) is 18.2 Å². The van der Waals surface area contributed by atoms with Crippen molar-refractivity contribution >= 4 is 0 Å².